The molecule has 1 aliphatic rings. The molecule has 2 rings (SSSR count). The number of sulfonamides is 1. The molecule has 0 aromatic carbocycles. The van der Waals surface area contributed by atoms with Gasteiger partial charge in [0.25, 0.3) is 0 Å². The Morgan fingerprint density at radius 2 is 2.18 bits per heavy atom. The molecular formula is C15H27N3O3S. The predicted molar refractivity (Wildman–Crippen MR) is 84.8 cm³/mol. The quantitative estimate of drug-likeness (QED) is 0.892. The van der Waals surface area contributed by atoms with Gasteiger partial charge in [-0.05, 0) is 32.6 Å². The number of aromatic nitrogens is 2. The molecule has 7 heteroatoms. The van der Waals surface area contributed by atoms with E-state index >= 15 is 0 Å². The van der Waals surface area contributed by atoms with E-state index in [1.165, 1.54) is 10.5 Å². The largest absolute Gasteiger partial charge is 0.390 e. The number of hydrogen-bond acceptors (Lipinski definition) is 4. The van der Waals surface area contributed by atoms with Crippen LogP contribution in [0, 0.1) is 11.8 Å². The third-order valence-corrected chi connectivity index (χ3v) is 6.32. The zero-order chi connectivity index (χ0) is 16.5. The first-order chi connectivity index (χ1) is 10.2. The van der Waals surface area contributed by atoms with Gasteiger partial charge in [-0.15, -0.1) is 0 Å². The summed E-state index contributed by atoms with van der Waals surface area (Å²) in [6.07, 6.45) is 4.25. The average molecular weight is 329 g/mol. The topological polar surface area (TPSA) is 75.4 Å². The molecule has 0 spiro atoms. The SMILES string of the molecule is CCn1cc(S(=O)(=O)N2CC[C@](C)(O)[C@H](CC(C)C)C2)cn1. The molecule has 0 aliphatic carbocycles. The molecule has 1 aromatic rings. The maximum atomic E-state index is 12.7. The normalized spacial score (nSPS) is 27.5. The molecule has 2 heterocycles. The number of aryl methyl sites for hydroxylation is 1. The van der Waals surface area contributed by atoms with Gasteiger partial charge in [0.1, 0.15) is 4.90 Å². The maximum absolute atomic E-state index is 12.7. The first-order valence-corrected chi connectivity index (χ1v) is 9.35. The predicted octanol–water partition coefficient (Wildman–Crippen LogP) is 1.71. The summed E-state index contributed by atoms with van der Waals surface area (Å²) in [6, 6.07) is 0. The minimum absolute atomic E-state index is 0.0442. The van der Waals surface area contributed by atoms with Crippen molar-refractivity contribution in [1.29, 1.82) is 0 Å². The molecule has 1 saturated heterocycles. The van der Waals surface area contributed by atoms with Crippen molar-refractivity contribution in [2.24, 2.45) is 11.8 Å². The molecule has 1 aromatic heterocycles. The molecular weight excluding hydrogens is 302 g/mol. The first-order valence-electron chi connectivity index (χ1n) is 7.91. The van der Waals surface area contributed by atoms with Crippen LogP contribution >= 0.6 is 0 Å². The molecule has 2 atom stereocenters. The lowest BCUT2D eigenvalue weighted by atomic mass is 9.78. The van der Waals surface area contributed by atoms with Crippen molar-refractivity contribution in [1.82, 2.24) is 14.1 Å². The highest BCUT2D eigenvalue weighted by atomic mass is 32.2. The average Bonchev–Trinajstić information content (AvgIpc) is 2.90. The van der Waals surface area contributed by atoms with Gasteiger partial charge in [0, 0.05) is 31.7 Å². The Hall–Kier alpha value is -0.920. The summed E-state index contributed by atoms with van der Waals surface area (Å²) in [4.78, 5) is 0.235. The van der Waals surface area contributed by atoms with Crippen LogP contribution in [-0.4, -0.2) is 46.3 Å². The minimum Gasteiger partial charge on any atom is -0.390 e. The second-order valence-corrected chi connectivity index (χ2v) is 8.77. The van der Waals surface area contributed by atoms with Crippen LogP contribution in [0.3, 0.4) is 0 Å². The summed E-state index contributed by atoms with van der Waals surface area (Å²) >= 11 is 0. The fourth-order valence-electron chi connectivity index (χ4n) is 3.00. The third kappa shape index (κ3) is 3.52. The van der Waals surface area contributed by atoms with Crippen LogP contribution in [0.4, 0.5) is 0 Å². The highest BCUT2D eigenvalue weighted by Gasteiger charge is 2.41. The number of hydrogen-bond donors (Lipinski definition) is 1. The summed E-state index contributed by atoms with van der Waals surface area (Å²) < 4.78 is 28.6. The number of nitrogens with zero attached hydrogens (tertiary/aromatic N) is 3. The molecule has 0 radical (unpaired) electrons. The molecule has 0 saturated carbocycles. The minimum atomic E-state index is -3.53. The molecule has 1 N–H and O–H groups in total. The van der Waals surface area contributed by atoms with E-state index in [9.17, 15) is 13.5 Å². The Kier molecular flexibility index (Phi) is 4.99. The van der Waals surface area contributed by atoms with Gasteiger partial charge in [0.05, 0.1) is 11.8 Å². The molecule has 0 unspecified atom stereocenters. The highest BCUT2D eigenvalue weighted by molar-refractivity contribution is 7.89. The van der Waals surface area contributed by atoms with E-state index in [0.717, 1.165) is 6.42 Å². The summed E-state index contributed by atoms with van der Waals surface area (Å²) in [5.41, 5.74) is -0.802. The van der Waals surface area contributed by atoms with Crippen LogP contribution < -0.4 is 0 Å². The van der Waals surface area contributed by atoms with Crippen molar-refractivity contribution >= 4 is 10.0 Å². The highest BCUT2D eigenvalue weighted by Crippen LogP contribution is 2.34. The van der Waals surface area contributed by atoms with Gasteiger partial charge in [-0.2, -0.15) is 9.40 Å². The van der Waals surface area contributed by atoms with Crippen molar-refractivity contribution in [2.45, 2.75) is 57.6 Å². The number of piperidine rings is 1. The van der Waals surface area contributed by atoms with E-state index in [4.69, 9.17) is 0 Å². The van der Waals surface area contributed by atoms with Crippen molar-refractivity contribution in [3.8, 4) is 0 Å². The van der Waals surface area contributed by atoms with Crippen LogP contribution in [0.1, 0.15) is 40.5 Å². The van der Waals surface area contributed by atoms with Crippen LogP contribution in [-0.2, 0) is 16.6 Å². The summed E-state index contributed by atoms with van der Waals surface area (Å²) in [7, 11) is -3.53. The molecule has 126 valence electrons. The van der Waals surface area contributed by atoms with Crippen molar-refractivity contribution in [3.63, 3.8) is 0 Å². The molecule has 22 heavy (non-hydrogen) atoms. The fraction of sp³-hybridized carbons (Fsp3) is 0.800. The Morgan fingerprint density at radius 3 is 2.73 bits per heavy atom. The summed E-state index contributed by atoms with van der Waals surface area (Å²) in [6.45, 7) is 9.27. The Balaban J connectivity index is 2.21. The van der Waals surface area contributed by atoms with Crippen LogP contribution in [0.25, 0.3) is 0 Å². The van der Waals surface area contributed by atoms with Gasteiger partial charge < -0.3 is 5.11 Å². The first kappa shape index (κ1) is 17.4. The zero-order valence-electron chi connectivity index (χ0n) is 13.9. The van der Waals surface area contributed by atoms with E-state index in [2.05, 4.69) is 18.9 Å². The lowest BCUT2D eigenvalue weighted by molar-refractivity contribution is -0.0482. The van der Waals surface area contributed by atoms with E-state index in [1.54, 1.807) is 10.9 Å². The van der Waals surface area contributed by atoms with E-state index in [0.29, 0.717) is 32.0 Å². The molecule has 1 aliphatic heterocycles. The Morgan fingerprint density at radius 1 is 1.50 bits per heavy atom. The van der Waals surface area contributed by atoms with Gasteiger partial charge in [-0.25, -0.2) is 8.42 Å². The molecule has 0 bridgehead atoms. The number of rotatable bonds is 5. The van der Waals surface area contributed by atoms with Crippen molar-refractivity contribution < 1.29 is 13.5 Å². The third-order valence-electron chi connectivity index (χ3n) is 4.50. The van der Waals surface area contributed by atoms with Crippen molar-refractivity contribution in [2.75, 3.05) is 13.1 Å². The van der Waals surface area contributed by atoms with Crippen LogP contribution in [0.2, 0.25) is 0 Å². The van der Waals surface area contributed by atoms with E-state index < -0.39 is 15.6 Å². The number of aliphatic hydroxyl groups is 1. The standard InChI is InChI=1S/C15H27N3O3S/c1-5-17-11-14(9-16-17)22(20,21)18-7-6-15(4,19)13(10-18)8-12(2)3/h9,11-13,19H,5-8,10H2,1-4H3/t13-,15+/m1/s1. The Labute approximate surface area is 133 Å². The second kappa shape index (κ2) is 6.29. The smallest absolute Gasteiger partial charge is 0.246 e. The van der Waals surface area contributed by atoms with E-state index in [1.807, 2.05) is 13.8 Å². The van der Waals surface area contributed by atoms with Gasteiger partial charge in [0.2, 0.25) is 10.0 Å². The fourth-order valence-corrected chi connectivity index (χ4v) is 4.45. The van der Waals surface area contributed by atoms with Gasteiger partial charge in [0.15, 0.2) is 0 Å². The molecule has 6 nitrogen and oxygen atoms in total. The summed E-state index contributed by atoms with van der Waals surface area (Å²) in [5, 5.41) is 14.6. The summed E-state index contributed by atoms with van der Waals surface area (Å²) in [5.74, 6) is 0.374. The molecule has 1 fully saturated rings. The van der Waals surface area contributed by atoms with E-state index in [-0.39, 0.29) is 10.8 Å². The van der Waals surface area contributed by atoms with Crippen LogP contribution in [0.5, 0.6) is 0 Å². The Bertz CT molecular complexity index is 607. The second-order valence-electron chi connectivity index (χ2n) is 6.83. The lowest BCUT2D eigenvalue weighted by Gasteiger charge is -2.42. The van der Waals surface area contributed by atoms with Gasteiger partial charge in [-0.1, -0.05) is 13.8 Å². The van der Waals surface area contributed by atoms with Crippen molar-refractivity contribution in [3.05, 3.63) is 12.4 Å². The lowest BCUT2D eigenvalue weighted by Crippen LogP contribution is -2.52. The van der Waals surface area contributed by atoms with Crippen LogP contribution in [0.15, 0.2) is 17.3 Å². The zero-order valence-corrected chi connectivity index (χ0v) is 14.7. The van der Waals surface area contributed by atoms with Gasteiger partial charge >= 0.3 is 0 Å². The van der Waals surface area contributed by atoms with Gasteiger partial charge in [-0.3, -0.25) is 4.68 Å². The maximum Gasteiger partial charge on any atom is 0.246 e. The monoisotopic (exact) mass is 329 g/mol. The molecule has 0 amide bonds.